The second kappa shape index (κ2) is 8.06. The van der Waals surface area contributed by atoms with Crippen molar-refractivity contribution in [1.29, 1.82) is 0 Å². The number of benzene rings is 2. The van der Waals surface area contributed by atoms with E-state index in [1.807, 2.05) is 25.1 Å². The molecule has 1 fully saturated rings. The second-order valence-electron chi connectivity index (χ2n) is 7.03. The van der Waals surface area contributed by atoms with Crippen LogP contribution >= 0.6 is 0 Å². The number of ether oxygens (including phenoxy) is 3. The van der Waals surface area contributed by atoms with Crippen molar-refractivity contribution < 1.29 is 23.4 Å². The molecule has 6 nitrogen and oxygen atoms in total. The predicted octanol–water partition coefficient (Wildman–Crippen LogP) is 3.83. The van der Waals surface area contributed by atoms with Crippen LogP contribution in [0.4, 0.5) is 9.18 Å². The van der Waals surface area contributed by atoms with Gasteiger partial charge in [0.15, 0.2) is 11.5 Å². The zero-order chi connectivity index (χ0) is 19.5. The van der Waals surface area contributed by atoms with E-state index in [1.54, 1.807) is 12.1 Å². The first-order chi connectivity index (χ1) is 13.6. The Balaban J connectivity index is 1.44. The number of amides is 2. The normalized spacial score (nSPS) is 19.9. The zero-order valence-electron chi connectivity index (χ0n) is 15.6. The Bertz CT molecular complexity index is 837. The van der Waals surface area contributed by atoms with E-state index in [-0.39, 0.29) is 36.8 Å². The number of hydrogen-bond donors (Lipinski definition) is 2. The van der Waals surface area contributed by atoms with Gasteiger partial charge >= 0.3 is 6.03 Å². The molecule has 2 aliphatic heterocycles. The molecule has 28 heavy (non-hydrogen) atoms. The van der Waals surface area contributed by atoms with Crippen LogP contribution in [0.15, 0.2) is 42.5 Å². The fourth-order valence-corrected chi connectivity index (χ4v) is 3.57. The van der Waals surface area contributed by atoms with Crippen LogP contribution in [0.25, 0.3) is 0 Å². The Morgan fingerprint density at radius 3 is 2.57 bits per heavy atom. The van der Waals surface area contributed by atoms with Gasteiger partial charge in [-0.25, -0.2) is 9.18 Å². The summed E-state index contributed by atoms with van der Waals surface area (Å²) in [6.07, 6.45) is 1.66. The lowest BCUT2D eigenvalue weighted by molar-refractivity contribution is 0.0806. The van der Waals surface area contributed by atoms with Crippen LogP contribution in [-0.2, 0) is 4.74 Å². The van der Waals surface area contributed by atoms with Crippen molar-refractivity contribution in [2.75, 3.05) is 13.4 Å². The molecule has 0 bridgehead atoms. The molecule has 2 aromatic rings. The molecule has 3 unspecified atom stereocenters. The minimum absolute atomic E-state index is 0.128. The zero-order valence-corrected chi connectivity index (χ0v) is 15.6. The van der Waals surface area contributed by atoms with Crippen molar-refractivity contribution in [3.8, 4) is 11.5 Å². The fourth-order valence-electron chi connectivity index (χ4n) is 3.57. The van der Waals surface area contributed by atoms with Gasteiger partial charge in [0.25, 0.3) is 0 Å². The Kier molecular flexibility index (Phi) is 5.34. The third-order valence-electron chi connectivity index (χ3n) is 5.10. The quantitative estimate of drug-likeness (QED) is 0.819. The molecule has 0 aliphatic carbocycles. The molecular formula is C21H23FN2O4. The molecule has 7 heteroatoms. The number of hydrogen-bond acceptors (Lipinski definition) is 4. The highest BCUT2D eigenvalue weighted by molar-refractivity contribution is 5.75. The summed E-state index contributed by atoms with van der Waals surface area (Å²) in [5.74, 6) is 1.07. The monoisotopic (exact) mass is 386 g/mol. The van der Waals surface area contributed by atoms with Crippen LogP contribution in [-0.4, -0.2) is 25.5 Å². The van der Waals surface area contributed by atoms with Gasteiger partial charge in [0.05, 0.1) is 18.2 Å². The highest BCUT2D eigenvalue weighted by atomic mass is 19.1. The lowest BCUT2D eigenvalue weighted by Crippen LogP contribution is -2.43. The maximum atomic E-state index is 13.3. The molecule has 0 saturated carbocycles. The molecule has 2 aliphatic rings. The summed E-state index contributed by atoms with van der Waals surface area (Å²) in [4.78, 5) is 12.7. The molecule has 2 N–H and O–H groups in total. The first-order valence-electron chi connectivity index (χ1n) is 9.44. The summed E-state index contributed by atoms with van der Waals surface area (Å²) in [5, 5.41) is 5.94. The van der Waals surface area contributed by atoms with E-state index in [1.165, 1.54) is 12.1 Å². The fraction of sp³-hybridized carbons (Fsp3) is 0.381. The smallest absolute Gasteiger partial charge is 0.315 e. The Morgan fingerprint density at radius 1 is 1.07 bits per heavy atom. The van der Waals surface area contributed by atoms with Gasteiger partial charge in [0, 0.05) is 6.61 Å². The Morgan fingerprint density at radius 2 is 1.82 bits per heavy atom. The molecule has 0 spiro atoms. The maximum absolute atomic E-state index is 13.3. The number of carbonyl (C=O) groups excluding carboxylic acids is 1. The van der Waals surface area contributed by atoms with Gasteiger partial charge in [0.1, 0.15) is 5.82 Å². The highest BCUT2D eigenvalue weighted by Crippen LogP contribution is 2.34. The van der Waals surface area contributed by atoms with E-state index in [4.69, 9.17) is 14.2 Å². The number of urea groups is 1. The summed E-state index contributed by atoms with van der Waals surface area (Å²) in [6, 6.07) is 10.9. The van der Waals surface area contributed by atoms with E-state index in [2.05, 4.69) is 10.6 Å². The summed E-state index contributed by atoms with van der Waals surface area (Å²) >= 11 is 0. The van der Waals surface area contributed by atoms with Gasteiger partial charge in [0.2, 0.25) is 6.79 Å². The van der Waals surface area contributed by atoms with E-state index in [0.29, 0.717) is 18.1 Å². The van der Waals surface area contributed by atoms with E-state index in [0.717, 1.165) is 24.0 Å². The maximum Gasteiger partial charge on any atom is 0.315 e. The molecule has 3 atom stereocenters. The van der Waals surface area contributed by atoms with Gasteiger partial charge in [-0.15, -0.1) is 0 Å². The molecular weight excluding hydrogens is 363 g/mol. The van der Waals surface area contributed by atoms with Crippen LogP contribution in [0.2, 0.25) is 0 Å². The van der Waals surface area contributed by atoms with Gasteiger partial charge < -0.3 is 24.8 Å². The van der Waals surface area contributed by atoms with Crippen molar-refractivity contribution in [3.63, 3.8) is 0 Å². The Labute approximate surface area is 163 Å². The average Bonchev–Trinajstić information content (AvgIpc) is 3.38. The minimum atomic E-state index is -0.341. The van der Waals surface area contributed by atoms with E-state index in [9.17, 15) is 9.18 Å². The molecule has 2 heterocycles. The standard InChI is InChI=1S/C21H23FN2O4/c1-13(15-6-9-17-19(11-15)28-12-27-17)23-21(25)24-20(18-3-2-10-26-18)14-4-7-16(22)8-5-14/h4-9,11,13,18,20H,2-3,10,12H2,1H3,(H2,23,24,25). The largest absolute Gasteiger partial charge is 0.454 e. The molecule has 148 valence electrons. The summed E-state index contributed by atoms with van der Waals surface area (Å²) < 4.78 is 29.8. The van der Waals surface area contributed by atoms with Gasteiger partial charge in [-0.2, -0.15) is 0 Å². The van der Waals surface area contributed by atoms with Crippen molar-refractivity contribution in [2.45, 2.75) is 38.0 Å². The average molecular weight is 386 g/mol. The van der Waals surface area contributed by atoms with Gasteiger partial charge in [-0.05, 0) is 55.2 Å². The Hall–Kier alpha value is -2.80. The van der Waals surface area contributed by atoms with Crippen molar-refractivity contribution in [1.82, 2.24) is 10.6 Å². The lowest BCUT2D eigenvalue weighted by atomic mass is 9.99. The topological polar surface area (TPSA) is 68.8 Å². The SMILES string of the molecule is CC(NC(=O)NC(c1ccc(F)cc1)C1CCCO1)c1ccc2c(c1)OCO2. The van der Waals surface area contributed by atoms with E-state index >= 15 is 0 Å². The first kappa shape index (κ1) is 18.6. The third kappa shape index (κ3) is 4.04. The number of halogens is 1. The molecule has 0 radical (unpaired) electrons. The lowest BCUT2D eigenvalue weighted by Gasteiger charge is -2.26. The van der Waals surface area contributed by atoms with Gasteiger partial charge in [-0.3, -0.25) is 0 Å². The summed E-state index contributed by atoms with van der Waals surface area (Å²) in [5.41, 5.74) is 1.73. The molecule has 4 rings (SSSR count). The number of fused-ring (bicyclic) bond motifs is 1. The first-order valence-corrected chi connectivity index (χ1v) is 9.44. The number of nitrogens with one attached hydrogen (secondary N) is 2. The highest BCUT2D eigenvalue weighted by Gasteiger charge is 2.29. The molecule has 2 amide bonds. The van der Waals surface area contributed by atoms with E-state index < -0.39 is 0 Å². The van der Waals surface area contributed by atoms with Crippen LogP contribution in [0.5, 0.6) is 11.5 Å². The van der Waals surface area contributed by atoms with Crippen LogP contribution in [0, 0.1) is 5.82 Å². The van der Waals surface area contributed by atoms with Crippen LogP contribution < -0.4 is 20.1 Å². The predicted molar refractivity (Wildman–Crippen MR) is 101 cm³/mol. The summed E-state index contributed by atoms with van der Waals surface area (Å²) in [7, 11) is 0. The van der Waals surface area contributed by atoms with Crippen molar-refractivity contribution in [2.24, 2.45) is 0 Å². The summed E-state index contributed by atoms with van der Waals surface area (Å²) in [6.45, 7) is 2.77. The third-order valence-corrected chi connectivity index (χ3v) is 5.10. The van der Waals surface area contributed by atoms with Gasteiger partial charge in [-0.1, -0.05) is 18.2 Å². The molecule has 1 saturated heterocycles. The van der Waals surface area contributed by atoms with Crippen molar-refractivity contribution >= 4 is 6.03 Å². The van der Waals surface area contributed by atoms with Crippen LogP contribution in [0.3, 0.4) is 0 Å². The second-order valence-corrected chi connectivity index (χ2v) is 7.03. The van der Waals surface area contributed by atoms with Crippen molar-refractivity contribution in [3.05, 3.63) is 59.4 Å². The molecule has 0 aromatic heterocycles. The minimum Gasteiger partial charge on any atom is -0.454 e. The molecule has 2 aromatic carbocycles. The van der Waals surface area contributed by atoms with Crippen LogP contribution in [0.1, 0.15) is 43.0 Å². The number of carbonyl (C=O) groups is 1. The number of rotatable bonds is 5.